The molecular weight excluding hydrogens is 304 g/mol. The minimum atomic E-state index is -0.140. The van der Waals surface area contributed by atoms with Crippen LogP contribution in [0.4, 0.5) is 0 Å². The Morgan fingerprint density at radius 3 is 2.89 bits per heavy atom. The second-order valence-corrected chi connectivity index (χ2v) is 6.72. The molecule has 104 valence electrons. The largest absolute Gasteiger partial charge is 0.493 e. The Morgan fingerprint density at radius 2 is 2.11 bits per heavy atom. The van der Waals surface area contributed by atoms with E-state index < -0.39 is 0 Å². The fourth-order valence-corrected chi connectivity index (χ4v) is 3.97. The minimum absolute atomic E-state index is 0.140. The third-order valence-corrected chi connectivity index (χ3v) is 4.94. The van der Waals surface area contributed by atoms with Crippen LogP contribution in [0.3, 0.4) is 0 Å². The predicted octanol–water partition coefficient (Wildman–Crippen LogP) is 3.87. The van der Waals surface area contributed by atoms with Crippen LogP contribution in [-0.4, -0.2) is 17.8 Å². The fraction of sp³-hybridized carbons (Fsp3) is 0.625. The van der Waals surface area contributed by atoms with E-state index in [0.29, 0.717) is 5.92 Å². The SMILES string of the molecule is OC(CCc1cc(Br)cc2c1OCC2)C1CCCC1. The van der Waals surface area contributed by atoms with Crippen molar-refractivity contribution < 1.29 is 9.84 Å². The van der Waals surface area contributed by atoms with Gasteiger partial charge in [-0.15, -0.1) is 0 Å². The van der Waals surface area contributed by atoms with Crippen molar-refractivity contribution in [1.82, 2.24) is 0 Å². The van der Waals surface area contributed by atoms with Gasteiger partial charge in [0.15, 0.2) is 0 Å². The van der Waals surface area contributed by atoms with Crippen LogP contribution in [0.15, 0.2) is 16.6 Å². The van der Waals surface area contributed by atoms with Crippen molar-refractivity contribution in [3.05, 3.63) is 27.7 Å². The van der Waals surface area contributed by atoms with Crippen molar-refractivity contribution in [2.24, 2.45) is 5.92 Å². The van der Waals surface area contributed by atoms with E-state index in [-0.39, 0.29) is 6.10 Å². The van der Waals surface area contributed by atoms with Crippen LogP contribution in [0.1, 0.15) is 43.2 Å². The summed E-state index contributed by atoms with van der Waals surface area (Å²) in [6.45, 7) is 0.796. The second kappa shape index (κ2) is 5.84. The lowest BCUT2D eigenvalue weighted by Crippen LogP contribution is -2.18. The van der Waals surface area contributed by atoms with Crippen LogP contribution in [0.25, 0.3) is 0 Å². The van der Waals surface area contributed by atoms with Gasteiger partial charge in [0.05, 0.1) is 12.7 Å². The number of aryl methyl sites for hydroxylation is 1. The normalized spacial score (nSPS) is 20.3. The summed E-state index contributed by atoms with van der Waals surface area (Å²) in [6, 6.07) is 4.30. The van der Waals surface area contributed by atoms with Crippen LogP contribution < -0.4 is 4.74 Å². The summed E-state index contributed by atoms with van der Waals surface area (Å²) in [7, 11) is 0. The van der Waals surface area contributed by atoms with Crippen LogP contribution in [0.5, 0.6) is 5.75 Å². The van der Waals surface area contributed by atoms with Gasteiger partial charge in [0, 0.05) is 10.9 Å². The molecule has 1 aliphatic heterocycles. The van der Waals surface area contributed by atoms with Crippen molar-refractivity contribution in [1.29, 1.82) is 0 Å². The first-order valence-corrected chi connectivity index (χ1v) is 8.15. The lowest BCUT2D eigenvalue weighted by molar-refractivity contribution is 0.102. The molecule has 1 atom stereocenters. The van der Waals surface area contributed by atoms with Crippen molar-refractivity contribution in [2.75, 3.05) is 6.61 Å². The van der Waals surface area contributed by atoms with E-state index in [1.165, 1.54) is 36.8 Å². The quantitative estimate of drug-likeness (QED) is 0.911. The van der Waals surface area contributed by atoms with E-state index in [2.05, 4.69) is 28.1 Å². The van der Waals surface area contributed by atoms with E-state index in [9.17, 15) is 5.11 Å². The first kappa shape index (κ1) is 13.4. The number of hydrogen-bond donors (Lipinski definition) is 1. The van der Waals surface area contributed by atoms with Gasteiger partial charge < -0.3 is 9.84 Å². The molecule has 1 aromatic carbocycles. The number of benzene rings is 1. The number of ether oxygens (including phenoxy) is 1. The predicted molar refractivity (Wildman–Crippen MR) is 79.6 cm³/mol. The van der Waals surface area contributed by atoms with Gasteiger partial charge >= 0.3 is 0 Å². The molecular formula is C16H21BrO2. The Morgan fingerprint density at radius 1 is 1.32 bits per heavy atom. The summed E-state index contributed by atoms with van der Waals surface area (Å²) in [4.78, 5) is 0. The van der Waals surface area contributed by atoms with Gasteiger partial charge in [0.1, 0.15) is 5.75 Å². The highest BCUT2D eigenvalue weighted by Crippen LogP contribution is 2.35. The van der Waals surface area contributed by atoms with Crippen molar-refractivity contribution in [2.45, 2.75) is 51.0 Å². The Kier molecular flexibility index (Phi) is 4.13. The summed E-state index contributed by atoms with van der Waals surface area (Å²) in [5.41, 5.74) is 2.55. The van der Waals surface area contributed by atoms with Gasteiger partial charge in [-0.3, -0.25) is 0 Å². The van der Waals surface area contributed by atoms with Gasteiger partial charge in [-0.05, 0) is 54.9 Å². The third-order valence-electron chi connectivity index (χ3n) is 4.48. The summed E-state index contributed by atoms with van der Waals surface area (Å²) < 4.78 is 6.87. The molecule has 0 amide bonds. The molecule has 1 aliphatic carbocycles. The third kappa shape index (κ3) is 2.97. The van der Waals surface area contributed by atoms with Crippen molar-refractivity contribution in [3.8, 4) is 5.75 Å². The van der Waals surface area contributed by atoms with Gasteiger partial charge in [0.2, 0.25) is 0 Å². The van der Waals surface area contributed by atoms with Crippen LogP contribution in [0.2, 0.25) is 0 Å². The maximum absolute atomic E-state index is 10.3. The van der Waals surface area contributed by atoms with E-state index in [1.54, 1.807) is 0 Å². The van der Waals surface area contributed by atoms with Crippen LogP contribution in [-0.2, 0) is 12.8 Å². The molecule has 1 unspecified atom stereocenters. The molecule has 0 bridgehead atoms. The molecule has 3 rings (SSSR count). The van der Waals surface area contributed by atoms with Crippen molar-refractivity contribution in [3.63, 3.8) is 0 Å². The second-order valence-electron chi connectivity index (χ2n) is 5.80. The average Bonchev–Trinajstić information content (AvgIpc) is 3.05. The minimum Gasteiger partial charge on any atom is -0.493 e. The molecule has 1 heterocycles. The van der Waals surface area contributed by atoms with E-state index in [4.69, 9.17) is 4.74 Å². The molecule has 0 spiro atoms. The number of hydrogen-bond acceptors (Lipinski definition) is 2. The van der Waals surface area contributed by atoms with E-state index in [0.717, 1.165) is 36.1 Å². The highest BCUT2D eigenvalue weighted by atomic mass is 79.9. The van der Waals surface area contributed by atoms with E-state index >= 15 is 0 Å². The van der Waals surface area contributed by atoms with Gasteiger partial charge in [-0.2, -0.15) is 0 Å². The summed E-state index contributed by atoms with van der Waals surface area (Å²) in [5, 5.41) is 10.3. The molecule has 1 fully saturated rings. The number of aliphatic hydroxyl groups is 1. The maximum Gasteiger partial charge on any atom is 0.125 e. The topological polar surface area (TPSA) is 29.5 Å². The highest BCUT2D eigenvalue weighted by Gasteiger charge is 2.24. The lowest BCUT2D eigenvalue weighted by atomic mass is 9.94. The van der Waals surface area contributed by atoms with Gasteiger partial charge in [-0.25, -0.2) is 0 Å². The number of fused-ring (bicyclic) bond motifs is 1. The number of aliphatic hydroxyl groups excluding tert-OH is 1. The fourth-order valence-electron chi connectivity index (χ4n) is 3.41. The smallest absolute Gasteiger partial charge is 0.125 e. The molecule has 1 N–H and O–H groups in total. The van der Waals surface area contributed by atoms with Gasteiger partial charge in [-0.1, -0.05) is 28.8 Å². The zero-order valence-corrected chi connectivity index (χ0v) is 12.8. The monoisotopic (exact) mass is 324 g/mol. The molecule has 3 heteroatoms. The first-order chi connectivity index (χ1) is 9.24. The molecule has 1 saturated carbocycles. The standard InChI is InChI=1S/C16H21BrO2/c17-14-9-12(16-13(10-14)7-8-19-16)5-6-15(18)11-3-1-2-4-11/h9-11,15,18H,1-8H2. The van der Waals surface area contributed by atoms with E-state index in [1.807, 2.05) is 0 Å². The zero-order chi connectivity index (χ0) is 13.2. The first-order valence-electron chi connectivity index (χ1n) is 7.36. The summed E-state index contributed by atoms with van der Waals surface area (Å²) in [5.74, 6) is 1.60. The maximum atomic E-state index is 10.3. The molecule has 0 saturated heterocycles. The molecule has 1 aromatic rings. The Hall–Kier alpha value is -0.540. The Balaban J connectivity index is 1.66. The molecule has 2 aliphatic rings. The molecule has 19 heavy (non-hydrogen) atoms. The summed E-state index contributed by atoms with van der Waals surface area (Å²) >= 11 is 3.57. The zero-order valence-electron chi connectivity index (χ0n) is 11.2. The highest BCUT2D eigenvalue weighted by molar-refractivity contribution is 9.10. The lowest BCUT2D eigenvalue weighted by Gasteiger charge is -2.18. The Labute approximate surface area is 123 Å². The molecule has 2 nitrogen and oxygen atoms in total. The average molecular weight is 325 g/mol. The van der Waals surface area contributed by atoms with Crippen molar-refractivity contribution >= 4 is 15.9 Å². The number of rotatable bonds is 4. The molecule has 0 radical (unpaired) electrons. The summed E-state index contributed by atoms with van der Waals surface area (Å²) in [6.07, 6.45) is 7.62. The van der Waals surface area contributed by atoms with Crippen LogP contribution in [0, 0.1) is 5.92 Å². The number of halogens is 1. The van der Waals surface area contributed by atoms with Crippen LogP contribution >= 0.6 is 15.9 Å². The Bertz CT molecular complexity index is 452. The van der Waals surface area contributed by atoms with Gasteiger partial charge in [0.25, 0.3) is 0 Å². The molecule has 0 aromatic heterocycles.